The van der Waals surface area contributed by atoms with Gasteiger partial charge < -0.3 is 5.32 Å². The van der Waals surface area contributed by atoms with Crippen molar-refractivity contribution in [3.63, 3.8) is 0 Å². The van der Waals surface area contributed by atoms with Crippen molar-refractivity contribution in [2.45, 2.75) is 45.1 Å². The van der Waals surface area contributed by atoms with E-state index in [1.165, 1.54) is 11.8 Å². The predicted molar refractivity (Wildman–Crippen MR) is 103 cm³/mol. The van der Waals surface area contributed by atoms with Crippen molar-refractivity contribution in [2.24, 2.45) is 0 Å². The van der Waals surface area contributed by atoms with Crippen molar-refractivity contribution in [1.82, 2.24) is 4.98 Å². The number of thioether (sulfide) groups is 1. The Hall–Kier alpha value is -2.32. The van der Waals surface area contributed by atoms with Gasteiger partial charge in [0.05, 0.1) is 5.56 Å². The highest BCUT2D eigenvalue weighted by Gasteiger charge is 2.09. The van der Waals surface area contributed by atoms with Crippen molar-refractivity contribution < 1.29 is 4.79 Å². The van der Waals surface area contributed by atoms with E-state index in [4.69, 9.17) is 0 Å². The van der Waals surface area contributed by atoms with Crippen LogP contribution in [0, 0.1) is 25.2 Å². The number of benzene rings is 1. The standard InChI is InChI=1S/C20H23N3OS/c1-4-6-17-10-9-16(13-21)20(22-17)25-12-11-19(24)23-18-8-5-7-14(2)15(18)3/h5,7-10H,4,6,11-12H2,1-3H3,(H,23,24). The molecule has 1 heterocycles. The van der Waals surface area contributed by atoms with Gasteiger partial charge in [-0.1, -0.05) is 25.5 Å². The van der Waals surface area contributed by atoms with E-state index in [9.17, 15) is 10.1 Å². The number of hydrogen-bond donors (Lipinski definition) is 1. The minimum absolute atomic E-state index is 0.0237. The first-order chi connectivity index (χ1) is 12.0. The number of carbonyl (C=O) groups excluding carboxylic acids is 1. The van der Waals surface area contributed by atoms with Crippen molar-refractivity contribution >= 4 is 23.4 Å². The molecular weight excluding hydrogens is 330 g/mol. The van der Waals surface area contributed by atoms with Crippen molar-refractivity contribution in [3.05, 3.63) is 52.7 Å². The molecule has 2 aromatic rings. The summed E-state index contributed by atoms with van der Waals surface area (Å²) in [4.78, 5) is 16.7. The van der Waals surface area contributed by atoms with E-state index in [-0.39, 0.29) is 5.91 Å². The Labute approximate surface area is 153 Å². The molecule has 0 fully saturated rings. The lowest BCUT2D eigenvalue weighted by molar-refractivity contribution is -0.115. The van der Waals surface area contributed by atoms with Gasteiger partial charge in [-0.25, -0.2) is 4.98 Å². The Morgan fingerprint density at radius 2 is 2.08 bits per heavy atom. The molecule has 1 N–H and O–H groups in total. The van der Waals surface area contributed by atoms with Gasteiger partial charge in [-0.2, -0.15) is 5.26 Å². The monoisotopic (exact) mass is 353 g/mol. The Morgan fingerprint density at radius 3 is 2.80 bits per heavy atom. The molecule has 0 saturated heterocycles. The molecule has 1 aromatic heterocycles. The van der Waals surface area contributed by atoms with Crippen molar-refractivity contribution in [3.8, 4) is 6.07 Å². The number of aryl methyl sites for hydroxylation is 2. The van der Waals surface area contributed by atoms with Crippen LogP contribution in [0.4, 0.5) is 5.69 Å². The zero-order valence-electron chi connectivity index (χ0n) is 14.9. The van der Waals surface area contributed by atoms with E-state index in [1.807, 2.05) is 44.2 Å². The maximum Gasteiger partial charge on any atom is 0.225 e. The normalized spacial score (nSPS) is 10.3. The lowest BCUT2D eigenvalue weighted by atomic mass is 10.1. The van der Waals surface area contributed by atoms with Gasteiger partial charge in [0.15, 0.2) is 0 Å². The van der Waals surface area contributed by atoms with Gasteiger partial charge in [-0.15, -0.1) is 11.8 Å². The smallest absolute Gasteiger partial charge is 0.225 e. The largest absolute Gasteiger partial charge is 0.326 e. The molecule has 0 radical (unpaired) electrons. The second kappa shape index (κ2) is 9.24. The topological polar surface area (TPSA) is 65.8 Å². The van der Waals surface area contributed by atoms with Crippen LogP contribution < -0.4 is 5.32 Å². The Bertz CT molecular complexity index is 796. The summed E-state index contributed by atoms with van der Waals surface area (Å²) in [5, 5.41) is 12.9. The SMILES string of the molecule is CCCc1ccc(C#N)c(SCCC(=O)Nc2cccc(C)c2C)n1. The molecule has 0 spiro atoms. The molecule has 25 heavy (non-hydrogen) atoms. The van der Waals surface area contributed by atoms with Crippen LogP contribution in [0.15, 0.2) is 35.4 Å². The first kappa shape index (κ1) is 19.0. The highest BCUT2D eigenvalue weighted by molar-refractivity contribution is 7.99. The summed E-state index contributed by atoms with van der Waals surface area (Å²) >= 11 is 1.46. The maximum absolute atomic E-state index is 12.2. The molecule has 0 aliphatic carbocycles. The molecule has 0 atom stereocenters. The number of hydrogen-bond acceptors (Lipinski definition) is 4. The van der Waals surface area contributed by atoms with E-state index in [1.54, 1.807) is 0 Å². The number of anilines is 1. The third-order valence-corrected chi connectivity index (χ3v) is 4.98. The molecule has 1 amide bonds. The maximum atomic E-state index is 12.2. The summed E-state index contributed by atoms with van der Waals surface area (Å²) < 4.78 is 0. The number of carbonyl (C=O) groups is 1. The second-order valence-electron chi connectivity index (χ2n) is 5.91. The van der Waals surface area contributed by atoms with Crippen LogP contribution in [0.25, 0.3) is 0 Å². The van der Waals surface area contributed by atoms with Gasteiger partial charge in [0.25, 0.3) is 0 Å². The predicted octanol–water partition coefficient (Wildman–Crippen LogP) is 4.64. The van der Waals surface area contributed by atoms with Crippen LogP contribution in [0.3, 0.4) is 0 Å². The average Bonchev–Trinajstić information content (AvgIpc) is 2.59. The zero-order valence-corrected chi connectivity index (χ0v) is 15.7. The molecule has 0 unspecified atom stereocenters. The fraction of sp³-hybridized carbons (Fsp3) is 0.350. The molecule has 130 valence electrons. The fourth-order valence-corrected chi connectivity index (χ4v) is 3.34. The van der Waals surface area contributed by atoms with Crippen LogP contribution in [-0.2, 0) is 11.2 Å². The zero-order chi connectivity index (χ0) is 18.2. The van der Waals surface area contributed by atoms with Gasteiger partial charge in [0.1, 0.15) is 11.1 Å². The van der Waals surface area contributed by atoms with Crippen molar-refractivity contribution in [2.75, 3.05) is 11.1 Å². The fourth-order valence-electron chi connectivity index (χ4n) is 2.41. The third-order valence-electron chi connectivity index (χ3n) is 3.99. The van der Waals surface area contributed by atoms with E-state index < -0.39 is 0 Å². The van der Waals surface area contributed by atoms with Crippen molar-refractivity contribution in [1.29, 1.82) is 5.26 Å². The third kappa shape index (κ3) is 5.33. The van der Waals surface area contributed by atoms with Crippen LogP contribution in [0.1, 0.15) is 42.1 Å². The number of aromatic nitrogens is 1. The van der Waals surface area contributed by atoms with E-state index in [0.29, 0.717) is 22.8 Å². The summed E-state index contributed by atoms with van der Waals surface area (Å²) in [5.74, 6) is 0.568. The lowest BCUT2D eigenvalue weighted by Gasteiger charge is -2.10. The number of nitrogens with zero attached hydrogens (tertiary/aromatic N) is 2. The highest BCUT2D eigenvalue weighted by Crippen LogP contribution is 2.23. The summed E-state index contributed by atoms with van der Waals surface area (Å²) in [7, 11) is 0. The van der Waals surface area contributed by atoms with Gasteiger partial charge in [0.2, 0.25) is 5.91 Å². The van der Waals surface area contributed by atoms with Crippen LogP contribution in [0.5, 0.6) is 0 Å². The number of rotatable bonds is 7. The second-order valence-corrected chi connectivity index (χ2v) is 6.99. The molecule has 4 nitrogen and oxygen atoms in total. The van der Waals surface area contributed by atoms with Gasteiger partial charge in [0, 0.05) is 23.6 Å². The number of pyridine rings is 1. The van der Waals surface area contributed by atoms with Gasteiger partial charge in [-0.05, 0) is 49.6 Å². The number of nitriles is 1. The summed E-state index contributed by atoms with van der Waals surface area (Å²) in [6.45, 7) is 6.13. The molecule has 5 heteroatoms. The Morgan fingerprint density at radius 1 is 1.28 bits per heavy atom. The highest BCUT2D eigenvalue weighted by atomic mass is 32.2. The molecular formula is C20H23N3OS. The van der Waals surface area contributed by atoms with Crippen LogP contribution >= 0.6 is 11.8 Å². The first-order valence-electron chi connectivity index (χ1n) is 8.44. The summed E-state index contributed by atoms with van der Waals surface area (Å²) in [5.41, 5.74) is 4.66. The minimum atomic E-state index is -0.0237. The average molecular weight is 353 g/mol. The van der Waals surface area contributed by atoms with Gasteiger partial charge in [-0.3, -0.25) is 4.79 Å². The Kier molecular flexibility index (Phi) is 7.03. The van der Waals surface area contributed by atoms with E-state index in [0.717, 1.165) is 35.3 Å². The first-order valence-corrected chi connectivity index (χ1v) is 9.42. The molecule has 2 rings (SSSR count). The Balaban J connectivity index is 1.94. The lowest BCUT2D eigenvalue weighted by Crippen LogP contribution is -2.13. The van der Waals surface area contributed by atoms with E-state index >= 15 is 0 Å². The summed E-state index contributed by atoms with van der Waals surface area (Å²) in [6.07, 6.45) is 2.29. The van der Waals surface area contributed by atoms with Crippen LogP contribution in [-0.4, -0.2) is 16.6 Å². The molecule has 1 aromatic carbocycles. The molecule has 0 saturated carbocycles. The van der Waals surface area contributed by atoms with E-state index in [2.05, 4.69) is 23.3 Å². The molecule has 0 aliphatic heterocycles. The van der Waals surface area contributed by atoms with Gasteiger partial charge >= 0.3 is 0 Å². The number of amides is 1. The number of nitrogens with one attached hydrogen (secondary N) is 1. The summed E-state index contributed by atoms with van der Waals surface area (Å²) in [6, 6.07) is 11.8. The molecule has 0 aliphatic rings. The van der Waals surface area contributed by atoms with Crippen LogP contribution in [0.2, 0.25) is 0 Å². The minimum Gasteiger partial charge on any atom is -0.326 e. The quantitative estimate of drug-likeness (QED) is 0.736. The molecule has 0 bridgehead atoms.